The van der Waals surface area contributed by atoms with E-state index in [2.05, 4.69) is 52.5 Å². The van der Waals surface area contributed by atoms with E-state index in [4.69, 9.17) is 0 Å². The molecule has 0 bridgehead atoms. The predicted molar refractivity (Wildman–Crippen MR) is 108 cm³/mol. The lowest BCUT2D eigenvalue weighted by Gasteiger charge is -2.17. The third kappa shape index (κ3) is 3.74. The predicted octanol–water partition coefficient (Wildman–Crippen LogP) is 3.23. The fraction of sp³-hybridized carbons (Fsp3) is 0.364. The lowest BCUT2D eigenvalue weighted by molar-refractivity contribution is 0.0790. The maximum Gasteiger partial charge on any atom is 0.257 e. The Morgan fingerprint density at radius 2 is 2.00 bits per heavy atom. The van der Waals surface area contributed by atoms with Crippen molar-refractivity contribution < 1.29 is 4.79 Å². The molecule has 1 saturated heterocycles. The lowest BCUT2D eigenvalue weighted by atomic mass is 9.93. The van der Waals surface area contributed by atoms with Gasteiger partial charge in [-0.05, 0) is 36.9 Å². The van der Waals surface area contributed by atoms with Crippen molar-refractivity contribution in [3.05, 3.63) is 66.0 Å². The van der Waals surface area contributed by atoms with Crippen LogP contribution in [0.15, 0.2) is 54.9 Å². The summed E-state index contributed by atoms with van der Waals surface area (Å²) in [6.07, 6.45) is 4.58. The van der Waals surface area contributed by atoms with Crippen LogP contribution in [0.2, 0.25) is 0 Å². The van der Waals surface area contributed by atoms with E-state index in [1.807, 2.05) is 29.9 Å². The van der Waals surface area contributed by atoms with E-state index in [0.29, 0.717) is 11.5 Å². The molecule has 2 heterocycles. The van der Waals surface area contributed by atoms with Gasteiger partial charge in [0, 0.05) is 31.7 Å². The molecule has 1 fully saturated rings. The van der Waals surface area contributed by atoms with E-state index in [1.165, 1.54) is 16.3 Å². The third-order valence-electron chi connectivity index (χ3n) is 5.40. The Hall–Kier alpha value is -2.66. The van der Waals surface area contributed by atoms with Gasteiger partial charge in [-0.3, -0.25) is 9.48 Å². The Bertz CT molecular complexity index is 941. The van der Waals surface area contributed by atoms with Gasteiger partial charge in [-0.25, -0.2) is 0 Å². The first kappa shape index (κ1) is 17.7. The molecule has 2 aromatic carbocycles. The summed E-state index contributed by atoms with van der Waals surface area (Å²) < 4.78 is 1.85. The minimum atomic E-state index is 0.0915. The Morgan fingerprint density at radius 1 is 1.19 bits per heavy atom. The zero-order chi connectivity index (χ0) is 18.8. The van der Waals surface area contributed by atoms with Gasteiger partial charge in [-0.2, -0.15) is 5.10 Å². The number of likely N-dealkylation sites (N-methyl/N-ethyl adjacent to an activating group) is 1. The Balaban J connectivity index is 1.47. The van der Waals surface area contributed by atoms with Crippen molar-refractivity contribution in [3.8, 4) is 0 Å². The van der Waals surface area contributed by atoms with Crippen molar-refractivity contribution in [1.82, 2.24) is 19.6 Å². The van der Waals surface area contributed by atoms with Crippen molar-refractivity contribution in [3.63, 3.8) is 0 Å². The molecular weight excluding hydrogens is 336 g/mol. The van der Waals surface area contributed by atoms with Gasteiger partial charge in [0.05, 0.1) is 18.3 Å². The van der Waals surface area contributed by atoms with Crippen LogP contribution in [-0.4, -0.2) is 59.2 Å². The van der Waals surface area contributed by atoms with Gasteiger partial charge in [0.15, 0.2) is 0 Å². The molecule has 4 rings (SSSR count). The van der Waals surface area contributed by atoms with Gasteiger partial charge in [-0.1, -0.05) is 42.5 Å². The fourth-order valence-corrected chi connectivity index (χ4v) is 3.89. The quantitative estimate of drug-likeness (QED) is 0.700. The first-order valence-corrected chi connectivity index (χ1v) is 9.56. The number of nitrogens with zero attached hydrogens (tertiary/aromatic N) is 4. The highest BCUT2D eigenvalue weighted by Crippen LogP contribution is 2.32. The highest BCUT2D eigenvalue weighted by Gasteiger charge is 2.29. The van der Waals surface area contributed by atoms with E-state index in [-0.39, 0.29) is 5.91 Å². The van der Waals surface area contributed by atoms with E-state index >= 15 is 0 Å². The highest BCUT2D eigenvalue weighted by molar-refractivity contribution is 5.94. The zero-order valence-electron chi connectivity index (χ0n) is 16.0. The summed E-state index contributed by atoms with van der Waals surface area (Å²) in [6, 6.07) is 15.0. The van der Waals surface area contributed by atoms with Crippen LogP contribution in [0.1, 0.15) is 28.3 Å². The third-order valence-corrected chi connectivity index (χ3v) is 5.40. The van der Waals surface area contributed by atoms with Gasteiger partial charge in [0.2, 0.25) is 0 Å². The molecule has 1 atom stereocenters. The molecule has 0 N–H and O–H groups in total. The first-order chi connectivity index (χ1) is 13.1. The molecule has 0 radical (unpaired) electrons. The topological polar surface area (TPSA) is 41.4 Å². The largest absolute Gasteiger partial charge is 0.338 e. The summed E-state index contributed by atoms with van der Waals surface area (Å²) in [7, 11) is 4.07. The second kappa shape index (κ2) is 7.53. The number of amides is 1. The molecule has 0 saturated carbocycles. The monoisotopic (exact) mass is 362 g/mol. The Morgan fingerprint density at radius 3 is 2.85 bits per heavy atom. The van der Waals surface area contributed by atoms with E-state index in [0.717, 1.165) is 32.6 Å². The Labute approximate surface area is 160 Å². The number of fused-ring (bicyclic) bond motifs is 1. The van der Waals surface area contributed by atoms with E-state index < -0.39 is 0 Å². The molecular formula is C22H26N4O. The number of hydrogen-bond donors (Lipinski definition) is 0. The molecule has 5 nitrogen and oxygen atoms in total. The molecule has 3 aromatic rings. The fourth-order valence-electron chi connectivity index (χ4n) is 3.89. The van der Waals surface area contributed by atoms with Crippen molar-refractivity contribution in [1.29, 1.82) is 0 Å². The maximum absolute atomic E-state index is 12.9. The number of benzene rings is 2. The highest BCUT2D eigenvalue weighted by atomic mass is 16.2. The molecule has 1 aromatic heterocycles. The maximum atomic E-state index is 12.9. The number of rotatable bonds is 5. The van der Waals surface area contributed by atoms with Crippen LogP contribution in [0.3, 0.4) is 0 Å². The number of likely N-dealkylation sites (tertiary alicyclic amines) is 1. The number of hydrogen-bond acceptors (Lipinski definition) is 3. The molecule has 27 heavy (non-hydrogen) atoms. The van der Waals surface area contributed by atoms with Gasteiger partial charge >= 0.3 is 0 Å². The minimum Gasteiger partial charge on any atom is -0.338 e. The minimum absolute atomic E-state index is 0.0915. The molecule has 140 valence electrons. The molecule has 1 aliphatic rings. The molecule has 1 amide bonds. The smallest absolute Gasteiger partial charge is 0.257 e. The first-order valence-electron chi connectivity index (χ1n) is 9.56. The van der Waals surface area contributed by atoms with Gasteiger partial charge < -0.3 is 9.80 Å². The van der Waals surface area contributed by atoms with Crippen LogP contribution < -0.4 is 0 Å². The van der Waals surface area contributed by atoms with Crippen LogP contribution >= 0.6 is 0 Å². The summed E-state index contributed by atoms with van der Waals surface area (Å²) in [5, 5.41) is 6.91. The van der Waals surface area contributed by atoms with Crippen molar-refractivity contribution in [2.45, 2.75) is 18.9 Å². The SMILES string of the molecule is CN(C)CCn1cc(C(=O)N2CCC(c3cccc4ccccc34)C2)cn1. The normalized spacial score (nSPS) is 17.1. The van der Waals surface area contributed by atoms with Crippen LogP contribution in [-0.2, 0) is 6.54 Å². The van der Waals surface area contributed by atoms with Gasteiger partial charge in [-0.15, -0.1) is 0 Å². The average molecular weight is 362 g/mol. The van der Waals surface area contributed by atoms with Gasteiger partial charge in [0.1, 0.15) is 0 Å². The summed E-state index contributed by atoms with van der Waals surface area (Å²) >= 11 is 0. The van der Waals surface area contributed by atoms with Crippen LogP contribution in [0.4, 0.5) is 0 Å². The van der Waals surface area contributed by atoms with Crippen molar-refractivity contribution in [2.75, 3.05) is 33.7 Å². The van der Waals surface area contributed by atoms with E-state index in [1.54, 1.807) is 6.20 Å². The average Bonchev–Trinajstić information content (AvgIpc) is 3.35. The van der Waals surface area contributed by atoms with Crippen molar-refractivity contribution >= 4 is 16.7 Å². The second-order valence-electron chi connectivity index (χ2n) is 7.60. The molecule has 1 unspecified atom stereocenters. The van der Waals surface area contributed by atoms with E-state index in [9.17, 15) is 4.79 Å². The Kier molecular flexibility index (Phi) is 4.94. The van der Waals surface area contributed by atoms with Gasteiger partial charge in [0.25, 0.3) is 5.91 Å². The summed E-state index contributed by atoms with van der Waals surface area (Å²) in [5.74, 6) is 0.484. The summed E-state index contributed by atoms with van der Waals surface area (Å²) in [4.78, 5) is 17.0. The lowest BCUT2D eigenvalue weighted by Crippen LogP contribution is -2.28. The molecule has 0 spiro atoms. The van der Waals surface area contributed by atoms with Crippen molar-refractivity contribution in [2.24, 2.45) is 0 Å². The number of aromatic nitrogens is 2. The summed E-state index contributed by atoms with van der Waals surface area (Å²) in [6.45, 7) is 3.27. The molecule has 1 aliphatic heterocycles. The standard InChI is InChI=1S/C22H26N4O/c1-24(2)12-13-26-16-19(14-23-26)22(27)25-11-10-18(15-25)21-9-5-7-17-6-3-4-8-20(17)21/h3-9,14,16,18H,10-13,15H2,1-2H3. The zero-order valence-corrected chi connectivity index (χ0v) is 16.0. The number of carbonyl (C=O) groups is 1. The van der Waals surface area contributed by atoms with Crippen LogP contribution in [0.25, 0.3) is 10.8 Å². The second-order valence-corrected chi connectivity index (χ2v) is 7.60. The summed E-state index contributed by atoms with van der Waals surface area (Å²) in [5.41, 5.74) is 2.04. The van der Waals surface area contributed by atoms with Crippen LogP contribution in [0, 0.1) is 0 Å². The molecule has 0 aliphatic carbocycles. The number of carbonyl (C=O) groups excluding carboxylic acids is 1. The molecule has 5 heteroatoms. The van der Waals surface area contributed by atoms with Crippen LogP contribution in [0.5, 0.6) is 0 Å².